The van der Waals surface area contributed by atoms with Crippen LogP contribution in [0.25, 0.3) is 10.1 Å². The van der Waals surface area contributed by atoms with Crippen molar-refractivity contribution < 1.29 is 9.59 Å². The number of fused-ring (bicyclic) bond motifs is 1. The Morgan fingerprint density at radius 1 is 1.27 bits per heavy atom. The summed E-state index contributed by atoms with van der Waals surface area (Å²) in [5.74, 6) is -0.203. The van der Waals surface area contributed by atoms with Gasteiger partial charge in [0.1, 0.15) is 4.88 Å². The molecular formula is C23H20ClN5O2S2. The highest BCUT2D eigenvalue weighted by Crippen LogP contribution is 2.32. The number of halogens is 1. The number of thiophene rings is 1. The van der Waals surface area contributed by atoms with Gasteiger partial charge in [-0.05, 0) is 53.1 Å². The second kappa shape index (κ2) is 9.09. The van der Waals surface area contributed by atoms with Crippen LogP contribution in [-0.4, -0.2) is 39.9 Å². The SMILES string of the molecule is Cc1nc(N2CCN(Cc3csc4ccc(Cl)cc34)C2=O)sc1C(=O)NCc1cccnc1. The monoisotopic (exact) mass is 497 g/mol. The molecule has 10 heteroatoms. The highest BCUT2D eigenvalue weighted by Gasteiger charge is 2.33. The van der Waals surface area contributed by atoms with Gasteiger partial charge in [-0.2, -0.15) is 0 Å². The maximum Gasteiger partial charge on any atom is 0.326 e. The number of hydrogen-bond acceptors (Lipinski definition) is 6. The molecule has 1 fully saturated rings. The van der Waals surface area contributed by atoms with E-state index in [9.17, 15) is 9.59 Å². The summed E-state index contributed by atoms with van der Waals surface area (Å²) in [5.41, 5.74) is 2.61. The molecule has 168 valence electrons. The van der Waals surface area contributed by atoms with E-state index in [-0.39, 0.29) is 11.9 Å². The molecule has 1 aliphatic heterocycles. The Labute approximate surface area is 203 Å². The van der Waals surface area contributed by atoms with E-state index in [4.69, 9.17) is 11.6 Å². The molecular weight excluding hydrogens is 478 g/mol. The minimum atomic E-state index is -0.203. The molecule has 0 bridgehead atoms. The fourth-order valence-electron chi connectivity index (χ4n) is 3.76. The van der Waals surface area contributed by atoms with Gasteiger partial charge in [0.15, 0.2) is 5.13 Å². The van der Waals surface area contributed by atoms with Crippen LogP contribution >= 0.6 is 34.3 Å². The van der Waals surface area contributed by atoms with Crippen molar-refractivity contribution in [3.8, 4) is 0 Å². The van der Waals surface area contributed by atoms with Crippen molar-refractivity contribution in [3.05, 3.63) is 74.8 Å². The lowest BCUT2D eigenvalue weighted by Crippen LogP contribution is -2.31. The Hall–Kier alpha value is -3.01. The minimum absolute atomic E-state index is 0.104. The summed E-state index contributed by atoms with van der Waals surface area (Å²) in [4.78, 5) is 38.4. The lowest BCUT2D eigenvalue weighted by atomic mass is 10.2. The minimum Gasteiger partial charge on any atom is -0.347 e. The summed E-state index contributed by atoms with van der Waals surface area (Å²) in [6, 6.07) is 9.45. The maximum absolute atomic E-state index is 13.1. The zero-order chi connectivity index (χ0) is 22.9. The van der Waals surface area contributed by atoms with Crippen molar-refractivity contribution in [3.63, 3.8) is 0 Å². The Bertz CT molecular complexity index is 1340. The largest absolute Gasteiger partial charge is 0.347 e. The van der Waals surface area contributed by atoms with Crippen LogP contribution in [0.2, 0.25) is 5.02 Å². The van der Waals surface area contributed by atoms with E-state index in [1.54, 1.807) is 40.5 Å². The highest BCUT2D eigenvalue weighted by atomic mass is 35.5. The van der Waals surface area contributed by atoms with Crippen LogP contribution in [0.1, 0.15) is 26.5 Å². The highest BCUT2D eigenvalue weighted by molar-refractivity contribution is 7.18. The molecule has 0 saturated carbocycles. The van der Waals surface area contributed by atoms with Gasteiger partial charge in [0, 0.05) is 48.3 Å². The lowest BCUT2D eigenvalue weighted by molar-refractivity contribution is 0.0954. The van der Waals surface area contributed by atoms with Gasteiger partial charge in [-0.1, -0.05) is 29.0 Å². The Morgan fingerprint density at radius 2 is 2.15 bits per heavy atom. The van der Waals surface area contributed by atoms with Gasteiger partial charge < -0.3 is 10.2 Å². The van der Waals surface area contributed by atoms with E-state index in [2.05, 4.69) is 20.7 Å². The van der Waals surface area contributed by atoms with Gasteiger partial charge in [-0.3, -0.25) is 14.7 Å². The molecule has 5 rings (SSSR count). The first-order chi connectivity index (χ1) is 16.0. The van der Waals surface area contributed by atoms with Gasteiger partial charge in [-0.15, -0.1) is 11.3 Å². The van der Waals surface area contributed by atoms with Crippen LogP contribution in [0.5, 0.6) is 0 Å². The van der Waals surface area contributed by atoms with Crippen molar-refractivity contribution in [2.24, 2.45) is 0 Å². The summed E-state index contributed by atoms with van der Waals surface area (Å²) in [6.45, 7) is 3.81. The summed E-state index contributed by atoms with van der Waals surface area (Å²) in [7, 11) is 0. The number of carbonyl (C=O) groups excluding carboxylic acids is 2. The van der Waals surface area contributed by atoms with E-state index < -0.39 is 0 Å². The van der Waals surface area contributed by atoms with Crippen molar-refractivity contribution >= 4 is 61.4 Å². The van der Waals surface area contributed by atoms with E-state index in [1.807, 2.05) is 30.3 Å². The molecule has 0 spiro atoms. The molecule has 33 heavy (non-hydrogen) atoms. The Balaban J connectivity index is 1.28. The van der Waals surface area contributed by atoms with Gasteiger partial charge in [0.05, 0.1) is 5.69 Å². The smallest absolute Gasteiger partial charge is 0.326 e. The lowest BCUT2D eigenvalue weighted by Gasteiger charge is -2.16. The predicted molar refractivity (Wildman–Crippen MR) is 132 cm³/mol. The summed E-state index contributed by atoms with van der Waals surface area (Å²) < 4.78 is 1.15. The van der Waals surface area contributed by atoms with Gasteiger partial charge in [0.2, 0.25) is 0 Å². The normalized spacial score (nSPS) is 13.8. The predicted octanol–water partition coefficient (Wildman–Crippen LogP) is 5.09. The number of nitrogens with one attached hydrogen (secondary N) is 1. The number of rotatable bonds is 6. The van der Waals surface area contributed by atoms with E-state index in [1.165, 1.54) is 11.3 Å². The molecule has 1 aliphatic rings. The number of aromatic nitrogens is 2. The molecule has 0 aliphatic carbocycles. The first kappa shape index (κ1) is 21.8. The quantitative estimate of drug-likeness (QED) is 0.402. The van der Waals surface area contributed by atoms with Crippen LogP contribution < -0.4 is 10.2 Å². The maximum atomic E-state index is 13.1. The van der Waals surface area contributed by atoms with E-state index in [0.29, 0.717) is 46.9 Å². The third-order valence-corrected chi connectivity index (χ3v) is 7.90. The fraction of sp³-hybridized carbons (Fsp3) is 0.217. The van der Waals surface area contributed by atoms with Crippen LogP contribution in [0.4, 0.5) is 9.93 Å². The zero-order valence-corrected chi connectivity index (χ0v) is 20.1. The molecule has 0 atom stereocenters. The topological polar surface area (TPSA) is 78.4 Å². The number of amides is 3. The number of carbonyl (C=O) groups is 2. The van der Waals surface area contributed by atoms with Gasteiger partial charge in [-0.25, -0.2) is 9.78 Å². The van der Waals surface area contributed by atoms with Gasteiger partial charge >= 0.3 is 6.03 Å². The average Bonchev–Trinajstić information content (AvgIpc) is 3.50. The second-order valence-corrected chi connectivity index (χ2v) is 10.0. The second-order valence-electron chi connectivity index (χ2n) is 7.71. The average molecular weight is 498 g/mol. The number of urea groups is 1. The van der Waals surface area contributed by atoms with E-state index in [0.717, 1.165) is 21.2 Å². The van der Waals surface area contributed by atoms with Crippen LogP contribution in [0.15, 0.2) is 48.1 Å². The molecule has 3 amide bonds. The van der Waals surface area contributed by atoms with Crippen LogP contribution in [-0.2, 0) is 13.1 Å². The number of nitrogens with zero attached hydrogens (tertiary/aromatic N) is 4. The number of hydrogen-bond donors (Lipinski definition) is 1. The number of benzene rings is 1. The molecule has 0 radical (unpaired) electrons. The molecule has 0 unspecified atom stereocenters. The molecule has 4 heterocycles. The third kappa shape index (κ3) is 4.44. The van der Waals surface area contributed by atoms with Crippen molar-refractivity contribution in [2.45, 2.75) is 20.0 Å². The molecule has 3 aromatic heterocycles. The zero-order valence-electron chi connectivity index (χ0n) is 17.7. The number of thiazole rings is 1. The van der Waals surface area contributed by atoms with Crippen LogP contribution in [0.3, 0.4) is 0 Å². The van der Waals surface area contributed by atoms with Crippen LogP contribution in [0, 0.1) is 6.92 Å². The molecule has 7 nitrogen and oxygen atoms in total. The number of aryl methyl sites for hydroxylation is 1. The first-order valence-electron chi connectivity index (χ1n) is 10.4. The standard InChI is InChI=1S/C23H20ClN5O2S2/c1-14-20(21(30)26-11-15-3-2-6-25-10-15)33-22(27-14)29-8-7-28(23(29)31)12-16-13-32-19-5-4-17(24)9-18(16)19/h2-6,9-10,13H,7-8,11-12H2,1H3,(H,26,30). The number of pyridine rings is 1. The fourth-order valence-corrected chi connectivity index (χ4v) is 5.87. The number of anilines is 1. The molecule has 1 N–H and O–H groups in total. The Morgan fingerprint density at radius 3 is 2.97 bits per heavy atom. The van der Waals surface area contributed by atoms with Crippen molar-refractivity contribution in [2.75, 3.05) is 18.0 Å². The summed E-state index contributed by atoms with van der Waals surface area (Å²) >= 11 is 9.06. The van der Waals surface area contributed by atoms with Crippen molar-refractivity contribution in [1.82, 2.24) is 20.2 Å². The van der Waals surface area contributed by atoms with Crippen molar-refractivity contribution in [1.29, 1.82) is 0 Å². The molecule has 1 saturated heterocycles. The third-order valence-electron chi connectivity index (χ3n) is 5.47. The summed E-state index contributed by atoms with van der Waals surface area (Å²) in [5, 5.41) is 7.29. The first-order valence-corrected chi connectivity index (χ1v) is 12.4. The Kier molecular flexibility index (Phi) is 6.01. The van der Waals surface area contributed by atoms with E-state index >= 15 is 0 Å². The van der Waals surface area contributed by atoms with Gasteiger partial charge in [0.25, 0.3) is 5.91 Å². The molecule has 1 aromatic carbocycles. The molecule has 4 aromatic rings. The summed E-state index contributed by atoms with van der Waals surface area (Å²) in [6.07, 6.45) is 3.41.